The van der Waals surface area contributed by atoms with Gasteiger partial charge in [-0.25, -0.2) is 0 Å². The van der Waals surface area contributed by atoms with Crippen LogP contribution in [0.5, 0.6) is 0 Å². The Morgan fingerprint density at radius 2 is 0.720 bits per heavy atom. The first-order valence-corrected chi connectivity index (χ1v) is 25.8. The summed E-state index contributed by atoms with van der Waals surface area (Å²) in [5.74, 6) is 0. The van der Waals surface area contributed by atoms with Crippen molar-refractivity contribution >= 4 is 39.0 Å². The van der Waals surface area contributed by atoms with Crippen molar-refractivity contribution in [2.75, 3.05) is 4.90 Å². The number of hydrogen-bond acceptors (Lipinski definition) is 2. The van der Waals surface area contributed by atoms with Crippen molar-refractivity contribution in [1.82, 2.24) is 0 Å². The Labute approximate surface area is 437 Å². The molecule has 1 unspecified atom stereocenters. The maximum Gasteiger partial charge on any atom is 0.137 e. The Kier molecular flexibility index (Phi) is 10.8. The smallest absolute Gasteiger partial charge is 0.137 e. The third-order valence-electron chi connectivity index (χ3n) is 15.4. The predicted octanol–water partition coefficient (Wildman–Crippen LogP) is 19.8. The fourth-order valence-electron chi connectivity index (χ4n) is 11.9. The highest BCUT2D eigenvalue weighted by atomic mass is 16.3. The lowest BCUT2D eigenvalue weighted by atomic mass is 9.67. The summed E-state index contributed by atoms with van der Waals surface area (Å²) in [5.41, 5.74) is 23.6. The van der Waals surface area contributed by atoms with E-state index in [0.717, 1.165) is 50.1 Å². The molecule has 75 heavy (non-hydrogen) atoms. The van der Waals surface area contributed by atoms with Crippen LogP contribution in [0.2, 0.25) is 0 Å². The molecular weight excluding hydrogens is 907 g/mol. The molecule has 1 aromatic heterocycles. The van der Waals surface area contributed by atoms with Gasteiger partial charge in [0.1, 0.15) is 11.2 Å². The SMILES string of the molecule is c1ccc(-c2ccc(-c3cccc4c3-c3ccccc3C4(c3ccccc3)c3ccc(N(c4ccc(-c5ccccc5)cc4)c4cccc5oc6ccc(-c7cccc(-c8ccccc8)c7)cc6c45)cc3)cc2)cc1. The molecule has 352 valence electrons. The van der Waals surface area contributed by atoms with Gasteiger partial charge in [-0.2, -0.15) is 0 Å². The van der Waals surface area contributed by atoms with Crippen LogP contribution in [-0.4, -0.2) is 0 Å². The van der Waals surface area contributed by atoms with Crippen molar-refractivity contribution in [2.45, 2.75) is 5.41 Å². The highest BCUT2D eigenvalue weighted by Crippen LogP contribution is 2.58. The lowest BCUT2D eigenvalue weighted by Crippen LogP contribution is -2.28. The lowest BCUT2D eigenvalue weighted by Gasteiger charge is -2.34. The van der Waals surface area contributed by atoms with E-state index < -0.39 is 5.41 Å². The third-order valence-corrected chi connectivity index (χ3v) is 15.4. The molecule has 2 heteroatoms. The van der Waals surface area contributed by atoms with Gasteiger partial charge in [-0.1, -0.05) is 243 Å². The number of rotatable bonds is 10. The Balaban J connectivity index is 0.935. The molecule has 1 aliphatic carbocycles. The lowest BCUT2D eigenvalue weighted by molar-refractivity contribution is 0.669. The molecule has 0 radical (unpaired) electrons. The van der Waals surface area contributed by atoms with E-state index in [-0.39, 0.29) is 0 Å². The zero-order valence-electron chi connectivity index (χ0n) is 41.1. The fourth-order valence-corrected chi connectivity index (χ4v) is 11.9. The van der Waals surface area contributed by atoms with Crippen LogP contribution >= 0.6 is 0 Å². The van der Waals surface area contributed by atoms with Crippen LogP contribution in [0.25, 0.3) is 88.7 Å². The first kappa shape index (κ1) is 44.0. The van der Waals surface area contributed by atoms with E-state index in [4.69, 9.17) is 4.42 Å². The molecule has 0 aliphatic heterocycles. The van der Waals surface area contributed by atoms with Gasteiger partial charge in [0.25, 0.3) is 0 Å². The molecule has 1 atom stereocenters. The first-order chi connectivity index (χ1) is 37.2. The van der Waals surface area contributed by atoms with Gasteiger partial charge in [0.15, 0.2) is 0 Å². The summed E-state index contributed by atoms with van der Waals surface area (Å²) in [6.07, 6.45) is 0. The molecule has 0 N–H and O–H groups in total. The van der Waals surface area contributed by atoms with E-state index in [9.17, 15) is 0 Å². The zero-order valence-corrected chi connectivity index (χ0v) is 41.1. The summed E-state index contributed by atoms with van der Waals surface area (Å²) in [7, 11) is 0. The standard InChI is InChI=1S/C73H49NO/c1-5-18-50(19-6-1)53-34-36-55(37-35-53)63-29-16-31-67-71(63)64-28-13-14-30-66(64)73(67,59-26-11-4-12-27-59)60-41-45-62(46-42-60)74(61-43-38-54(39-44-61)51-20-7-2-8-21-51)68-32-17-33-70-72(68)65-49-58(40-47-69(65)75-70)57-25-15-24-56(48-57)52-22-9-3-10-23-52/h1-49H. The molecule has 1 heterocycles. The molecule has 0 spiro atoms. The summed E-state index contributed by atoms with van der Waals surface area (Å²) in [6, 6.07) is 108. The minimum atomic E-state index is -0.594. The van der Waals surface area contributed by atoms with Gasteiger partial charge in [-0.3, -0.25) is 0 Å². The van der Waals surface area contributed by atoms with Crippen LogP contribution in [0.15, 0.2) is 302 Å². The largest absolute Gasteiger partial charge is 0.456 e. The number of fused-ring (bicyclic) bond motifs is 6. The minimum absolute atomic E-state index is 0.594. The third kappa shape index (κ3) is 7.49. The van der Waals surface area contributed by atoms with Crippen LogP contribution in [0.1, 0.15) is 22.3 Å². The van der Waals surface area contributed by atoms with Crippen molar-refractivity contribution in [2.24, 2.45) is 0 Å². The summed E-state index contributed by atoms with van der Waals surface area (Å²) < 4.78 is 6.73. The summed E-state index contributed by atoms with van der Waals surface area (Å²) in [4.78, 5) is 2.40. The van der Waals surface area contributed by atoms with Crippen LogP contribution < -0.4 is 4.90 Å². The molecule has 0 amide bonds. The zero-order chi connectivity index (χ0) is 49.7. The molecule has 0 saturated carbocycles. The highest BCUT2D eigenvalue weighted by Gasteiger charge is 2.47. The Morgan fingerprint density at radius 1 is 0.280 bits per heavy atom. The molecule has 0 fully saturated rings. The summed E-state index contributed by atoms with van der Waals surface area (Å²) in [6.45, 7) is 0. The average Bonchev–Trinajstić information content (AvgIpc) is 4.13. The predicted molar refractivity (Wildman–Crippen MR) is 313 cm³/mol. The molecule has 0 saturated heterocycles. The van der Waals surface area contributed by atoms with E-state index >= 15 is 0 Å². The van der Waals surface area contributed by atoms with Crippen LogP contribution in [0.4, 0.5) is 17.1 Å². The molecule has 2 nitrogen and oxygen atoms in total. The van der Waals surface area contributed by atoms with Gasteiger partial charge in [0.05, 0.1) is 16.5 Å². The van der Waals surface area contributed by atoms with Gasteiger partial charge in [0, 0.05) is 16.8 Å². The Bertz CT molecular complexity index is 4180. The Hall–Kier alpha value is -9.76. The van der Waals surface area contributed by atoms with Crippen LogP contribution in [0.3, 0.4) is 0 Å². The fraction of sp³-hybridized carbons (Fsp3) is 0.0137. The van der Waals surface area contributed by atoms with Crippen molar-refractivity contribution in [3.63, 3.8) is 0 Å². The topological polar surface area (TPSA) is 16.4 Å². The minimum Gasteiger partial charge on any atom is -0.456 e. The van der Waals surface area contributed by atoms with Gasteiger partial charge >= 0.3 is 0 Å². The number of benzene rings is 12. The number of anilines is 3. The summed E-state index contributed by atoms with van der Waals surface area (Å²) in [5, 5.41) is 2.13. The molecule has 14 rings (SSSR count). The average molecular weight is 956 g/mol. The van der Waals surface area contributed by atoms with E-state index in [0.29, 0.717) is 0 Å². The number of furan rings is 1. The van der Waals surface area contributed by atoms with E-state index in [1.54, 1.807) is 0 Å². The number of hydrogen-bond donors (Lipinski definition) is 0. The van der Waals surface area contributed by atoms with Gasteiger partial charge in [-0.15, -0.1) is 0 Å². The maximum absolute atomic E-state index is 6.73. The van der Waals surface area contributed by atoms with Crippen LogP contribution in [-0.2, 0) is 5.41 Å². The normalized spacial score (nSPS) is 13.7. The van der Waals surface area contributed by atoms with Gasteiger partial charge in [0.2, 0.25) is 0 Å². The highest BCUT2D eigenvalue weighted by molar-refractivity contribution is 6.14. The van der Waals surface area contributed by atoms with Crippen LogP contribution in [0, 0.1) is 0 Å². The monoisotopic (exact) mass is 955 g/mol. The summed E-state index contributed by atoms with van der Waals surface area (Å²) >= 11 is 0. The van der Waals surface area contributed by atoms with Gasteiger partial charge < -0.3 is 9.32 Å². The first-order valence-electron chi connectivity index (χ1n) is 25.8. The Morgan fingerprint density at radius 3 is 1.39 bits per heavy atom. The van der Waals surface area contributed by atoms with E-state index in [2.05, 4.69) is 302 Å². The second kappa shape index (κ2) is 18.4. The van der Waals surface area contributed by atoms with E-state index in [1.807, 2.05) is 0 Å². The van der Waals surface area contributed by atoms with Crippen molar-refractivity contribution in [3.8, 4) is 66.8 Å². The quantitative estimate of drug-likeness (QED) is 0.136. The van der Waals surface area contributed by atoms with Crippen molar-refractivity contribution in [1.29, 1.82) is 0 Å². The molecule has 12 aromatic carbocycles. The molecule has 0 bridgehead atoms. The molecule has 13 aromatic rings. The maximum atomic E-state index is 6.73. The van der Waals surface area contributed by atoms with Gasteiger partial charge in [-0.05, 0) is 144 Å². The second-order valence-electron chi connectivity index (χ2n) is 19.5. The van der Waals surface area contributed by atoms with Crippen molar-refractivity contribution in [3.05, 3.63) is 320 Å². The molecule has 1 aliphatic rings. The number of nitrogens with zero attached hydrogens (tertiary/aromatic N) is 1. The van der Waals surface area contributed by atoms with Crippen molar-refractivity contribution < 1.29 is 4.42 Å². The van der Waals surface area contributed by atoms with E-state index in [1.165, 1.54) is 77.9 Å². The second-order valence-corrected chi connectivity index (χ2v) is 19.5. The molecular formula is C73H49NO.